The van der Waals surface area contributed by atoms with Crippen molar-refractivity contribution in [3.05, 3.63) is 24.0 Å². The predicted octanol–water partition coefficient (Wildman–Crippen LogP) is 3.06. The van der Waals surface area contributed by atoms with Gasteiger partial charge in [-0.25, -0.2) is 0 Å². The molecule has 106 valence electrons. The Kier molecular flexibility index (Phi) is 5.20. The normalized spacial score (nSPS) is 23.6. The molecule has 1 aromatic heterocycles. The summed E-state index contributed by atoms with van der Waals surface area (Å²) in [6.45, 7) is 11.3. The Morgan fingerprint density at radius 3 is 2.95 bits per heavy atom. The summed E-state index contributed by atoms with van der Waals surface area (Å²) in [7, 11) is 0. The maximum absolute atomic E-state index is 4.32. The van der Waals surface area contributed by atoms with Gasteiger partial charge in [0.2, 0.25) is 0 Å². The Morgan fingerprint density at radius 1 is 1.37 bits per heavy atom. The summed E-state index contributed by atoms with van der Waals surface area (Å²) in [6, 6.07) is 2.15. The van der Waals surface area contributed by atoms with Crippen LogP contribution in [0.5, 0.6) is 0 Å². The molecule has 1 aromatic rings. The fraction of sp³-hybridized carbons (Fsp3) is 0.688. The van der Waals surface area contributed by atoms with E-state index in [0.717, 1.165) is 38.0 Å². The second kappa shape index (κ2) is 6.90. The fourth-order valence-electron chi connectivity index (χ4n) is 2.73. The standard InChI is InChI=1S/C16H27N3/c1-4-7-17-10-15-5-8-18-11-16(15)19-9-6-13(2)14(3)12-19/h5,8,11,13-14,17H,4,6-7,9-10,12H2,1-3H3. The summed E-state index contributed by atoms with van der Waals surface area (Å²) in [4.78, 5) is 6.84. The van der Waals surface area contributed by atoms with E-state index in [4.69, 9.17) is 0 Å². The van der Waals surface area contributed by atoms with Gasteiger partial charge in [-0.3, -0.25) is 4.98 Å². The molecule has 0 saturated carbocycles. The van der Waals surface area contributed by atoms with E-state index >= 15 is 0 Å². The van der Waals surface area contributed by atoms with Gasteiger partial charge in [-0.2, -0.15) is 0 Å². The summed E-state index contributed by atoms with van der Waals surface area (Å²) >= 11 is 0. The Hall–Kier alpha value is -1.09. The average molecular weight is 261 g/mol. The van der Waals surface area contributed by atoms with Gasteiger partial charge < -0.3 is 10.2 Å². The number of aromatic nitrogens is 1. The van der Waals surface area contributed by atoms with Crippen LogP contribution in [-0.4, -0.2) is 24.6 Å². The lowest BCUT2D eigenvalue weighted by Crippen LogP contribution is -2.39. The Balaban J connectivity index is 2.06. The molecule has 1 aliphatic heterocycles. The van der Waals surface area contributed by atoms with Crippen LogP contribution < -0.4 is 10.2 Å². The zero-order chi connectivity index (χ0) is 13.7. The lowest BCUT2D eigenvalue weighted by molar-refractivity contribution is 0.323. The van der Waals surface area contributed by atoms with Crippen LogP contribution in [0.2, 0.25) is 0 Å². The highest BCUT2D eigenvalue weighted by atomic mass is 15.1. The van der Waals surface area contributed by atoms with Crippen LogP contribution in [0.15, 0.2) is 18.5 Å². The van der Waals surface area contributed by atoms with Gasteiger partial charge in [0.1, 0.15) is 0 Å². The van der Waals surface area contributed by atoms with E-state index < -0.39 is 0 Å². The van der Waals surface area contributed by atoms with Crippen molar-refractivity contribution in [3.8, 4) is 0 Å². The molecular formula is C16H27N3. The molecule has 0 aromatic carbocycles. The molecule has 0 spiro atoms. The lowest BCUT2D eigenvalue weighted by atomic mass is 9.88. The summed E-state index contributed by atoms with van der Waals surface area (Å²) in [5.74, 6) is 1.61. The van der Waals surface area contributed by atoms with Gasteiger partial charge in [0.25, 0.3) is 0 Å². The second-order valence-electron chi connectivity index (χ2n) is 5.87. The number of pyridine rings is 1. The molecule has 3 heteroatoms. The quantitative estimate of drug-likeness (QED) is 0.826. The van der Waals surface area contributed by atoms with Gasteiger partial charge >= 0.3 is 0 Å². The molecule has 0 bridgehead atoms. The number of hydrogen-bond donors (Lipinski definition) is 1. The van der Waals surface area contributed by atoms with E-state index in [0.29, 0.717) is 0 Å². The van der Waals surface area contributed by atoms with Crippen LogP contribution in [0.1, 0.15) is 39.2 Å². The monoisotopic (exact) mass is 261 g/mol. The Labute approximate surface area is 117 Å². The zero-order valence-corrected chi connectivity index (χ0v) is 12.5. The minimum Gasteiger partial charge on any atom is -0.370 e. The van der Waals surface area contributed by atoms with Crippen molar-refractivity contribution in [2.45, 2.75) is 40.2 Å². The molecule has 2 rings (SSSR count). The highest BCUT2D eigenvalue weighted by Gasteiger charge is 2.24. The van der Waals surface area contributed by atoms with E-state index in [9.17, 15) is 0 Å². The van der Waals surface area contributed by atoms with Crippen molar-refractivity contribution in [1.82, 2.24) is 10.3 Å². The Morgan fingerprint density at radius 2 is 2.21 bits per heavy atom. The van der Waals surface area contributed by atoms with Gasteiger partial charge in [0.05, 0.1) is 11.9 Å². The van der Waals surface area contributed by atoms with Crippen molar-refractivity contribution in [3.63, 3.8) is 0 Å². The van der Waals surface area contributed by atoms with E-state index in [1.807, 2.05) is 12.4 Å². The van der Waals surface area contributed by atoms with Crippen molar-refractivity contribution in [2.75, 3.05) is 24.5 Å². The maximum atomic E-state index is 4.32. The van der Waals surface area contributed by atoms with Crippen LogP contribution in [0.25, 0.3) is 0 Å². The fourth-order valence-corrected chi connectivity index (χ4v) is 2.73. The highest BCUT2D eigenvalue weighted by Crippen LogP contribution is 2.28. The molecule has 2 atom stereocenters. The van der Waals surface area contributed by atoms with Crippen LogP contribution in [0.4, 0.5) is 5.69 Å². The van der Waals surface area contributed by atoms with Crippen molar-refractivity contribution < 1.29 is 0 Å². The molecule has 0 aliphatic carbocycles. The lowest BCUT2D eigenvalue weighted by Gasteiger charge is -2.37. The first kappa shape index (κ1) is 14.3. The van der Waals surface area contributed by atoms with E-state index in [2.05, 4.69) is 42.0 Å². The maximum Gasteiger partial charge on any atom is 0.0598 e. The molecule has 1 N–H and O–H groups in total. The minimum absolute atomic E-state index is 0.769. The number of hydrogen-bond acceptors (Lipinski definition) is 3. The number of piperidine rings is 1. The Bertz CT molecular complexity index is 391. The van der Waals surface area contributed by atoms with Gasteiger partial charge in [-0.1, -0.05) is 20.8 Å². The van der Waals surface area contributed by atoms with Crippen molar-refractivity contribution in [1.29, 1.82) is 0 Å². The van der Waals surface area contributed by atoms with Crippen LogP contribution in [-0.2, 0) is 6.54 Å². The smallest absolute Gasteiger partial charge is 0.0598 e. The molecule has 2 unspecified atom stereocenters. The first-order valence-corrected chi connectivity index (χ1v) is 7.61. The van der Waals surface area contributed by atoms with Gasteiger partial charge in [-0.15, -0.1) is 0 Å². The number of rotatable bonds is 5. The van der Waals surface area contributed by atoms with Crippen LogP contribution in [0.3, 0.4) is 0 Å². The third-order valence-electron chi connectivity index (χ3n) is 4.30. The van der Waals surface area contributed by atoms with E-state index in [1.54, 1.807) is 0 Å². The number of nitrogens with zero attached hydrogens (tertiary/aromatic N) is 2. The van der Waals surface area contributed by atoms with E-state index in [1.165, 1.54) is 24.1 Å². The molecule has 19 heavy (non-hydrogen) atoms. The molecule has 1 fully saturated rings. The minimum atomic E-state index is 0.769. The van der Waals surface area contributed by atoms with Gasteiger partial charge in [0, 0.05) is 25.8 Å². The predicted molar refractivity (Wildman–Crippen MR) is 81.4 cm³/mol. The summed E-state index contributed by atoms with van der Waals surface area (Å²) < 4.78 is 0. The first-order chi connectivity index (χ1) is 9.22. The summed E-state index contributed by atoms with van der Waals surface area (Å²) in [5, 5.41) is 3.50. The second-order valence-corrected chi connectivity index (χ2v) is 5.87. The summed E-state index contributed by atoms with van der Waals surface area (Å²) in [6.07, 6.45) is 6.41. The van der Waals surface area contributed by atoms with Crippen LogP contribution >= 0.6 is 0 Å². The first-order valence-electron chi connectivity index (χ1n) is 7.61. The largest absolute Gasteiger partial charge is 0.370 e. The molecule has 1 aliphatic rings. The average Bonchev–Trinajstić information content (AvgIpc) is 2.43. The number of anilines is 1. The summed E-state index contributed by atoms with van der Waals surface area (Å²) in [5.41, 5.74) is 2.70. The molecule has 2 heterocycles. The van der Waals surface area contributed by atoms with Gasteiger partial charge in [-0.05, 0) is 42.9 Å². The molecule has 3 nitrogen and oxygen atoms in total. The van der Waals surface area contributed by atoms with Crippen molar-refractivity contribution >= 4 is 5.69 Å². The molecule has 1 saturated heterocycles. The molecule has 0 amide bonds. The highest BCUT2D eigenvalue weighted by molar-refractivity contribution is 5.52. The van der Waals surface area contributed by atoms with E-state index in [-0.39, 0.29) is 0 Å². The molecular weight excluding hydrogens is 234 g/mol. The third kappa shape index (κ3) is 3.69. The SMILES string of the molecule is CCCNCc1ccncc1N1CCC(C)C(C)C1. The van der Waals surface area contributed by atoms with Crippen molar-refractivity contribution in [2.24, 2.45) is 11.8 Å². The van der Waals surface area contributed by atoms with Gasteiger partial charge in [0.15, 0.2) is 0 Å². The molecule has 0 radical (unpaired) electrons. The van der Waals surface area contributed by atoms with Crippen LogP contribution in [0, 0.1) is 11.8 Å². The zero-order valence-electron chi connectivity index (χ0n) is 12.5. The third-order valence-corrected chi connectivity index (χ3v) is 4.30. The number of nitrogens with one attached hydrogen (secondary N) is 1. The topological polar surface area (TPSA) is 28.2 Å².